The number of rotatable bonds is 7. The number of fused-ring (bicyclic) bond motifs is 2. The Morgan fingerprint density at radius 1 is 1.14 bits per heavy atom. The minimum absolute atomic E-state index is 0.0637. The zero-order valence-electron chi connectivity index (χ0n) is 12.9. The third-order valence-electron chi connectivity index (χ3n) is 4.29. The molecule has 0 aromatic heterocycles. The number of hydrogen-bond acceptors (Lipinski definition) is 3. The Hall–Kier alpha value is -1.36. The molecule has 1 fully saturated rings. The van der Waals surface area contributed by atoms with Crippen molar-refractivity contribution >= 4 is 11.9 Å². The van der Waals surface area contributed by atoms with E-state index in [-0.39, 0.29) is 18.1 Å². The molecular formula is C16H25NO4. The lowest BCUT2D eigenvalue weighted by Gasteiger charge is -2.23. The van der Waals surface area contributed by atoms with Gasteiger partial charge in [0.2, 0.25) is 5.91 Å². The normalized spacial score (nSPS) is 31.6. The summed E-state index contributed by atoms with van der Waals surface area (Å²) in [5.74, 6) is -1.86. The Labute approximate surface area is 125 Å². The number of carbonyl (C=O) groups is 2. The summed E-state index contributed by atoms with van der Waals surface area (Å²) in [6.45, 7) is 6.33. The highest BCUT2D eigenvalue weighted by atomic mass is 16.5. The first kappa shape index (κ1) is 16.0. The molecule has 2 heterocycles. The van der Waals surface area contributed by atoms with Gasteiger partial charge in [-0.2, -0.15) is 0 Å². The first-order valence-electron chi connectivity index (χ1n) is 7.77. The maximum Gasteiger partial charge on any atom is 0.310 e. The van der Waals surface area contributed by atoms with Crippen LogP contribution in [0.5, 0.6) is 0 Å². The minimum atomic E-state index is -0.959. The Bertz CT molecular complexity index is 432. The van der Waals surface area contributed by atoms with Crippen LogP contribution in [-0.2, 0) is 14.3 Å². The molecular weight excluding hydrogens is 270 g/mol. The highest BCUT2D eigenvalue weighted by Crippen LogP contribution is 2.39. The lowest BCUT2D eigenvalue weighted by Crippen LogP contribution is -2.45. The van der Waals surface area contributed by atoms with Gasteiger partial charge in [-0.25, -0.2) is 0 Å². The van der Waals surface area contributed by atoms with Gasteiger partial charge >= 0.3 is 5.97 Å². The van der Waals surface area contributed by atoms with E-state index >= 15 is 0 Å². The second-order valence-corrected chi connectivity index (χ2v) is 6.57. The number of carbonyl (C=O) groups excluding carboxylic acids is 1. The molecule has 118 valence electrons. The van der Waals surface area contributed by atoms with Gasteiger partial charge in [0, 0.05) is 6.04 Å². The van der Waals surface area contributed by atoms with E-state index in [2.05, 4.69) is 19.2 Å². The van der Waals surface area contributed by atoms with Gasteiger partial charge in [-0.15, -0.1) is 0 Å². The lowest BCUT2D eigenvalue weighted by atomic mass is 9.82. The van der Waals surface area contributed by atoms with E-state index in [1.165, 1.54) is 0 Å². The van der Waals surface area contributed by atoms with Crippen molar-refractivity contribution in [3.8, 4) is 0 Å². The second kappa shape index (κ2) is 6.60. The third kappa shape index (κ3) is 3.64. The van der Waals surface area contributed by atoms with E-state index in [1.54, 1.807) is 12.2 Å². The van der Waals surface area contributed by atoms with Crippen LogP contribution in [0.3, 0.4) is 0 Å². The summed E-state index contributed by atoms with van der Waals surface area (Å²) >= 11 is 0. The first-order valence-corrected chi connectivity index (χ1v) is 7.77. The number of carboxylic acids is 1. The largest absolute Gasteiger partial charge is 0.481 e. The van der Waals surface area contributed by atoms with Crippen molar-refractivity contribution in [3.05, 3.63) is 12.2 Å². The highest BCUT2D eigenvalue weighted by Gasteiger charge is 2.53. The molecule has 2 aliphatic rings. The predicted octanol–water partition coefficient (Wildman–Crippen LogP) is 1.97. The standard InChI is InChI=1S/C16H25NO4/c1-9(2)5-4-6-10(3)17-15(18)13-11-7-8-12(21-11)14(13)16(19)20/h7-14H,4-6H2,1-3H3,(H,17,18)(H,19,20)/t10-,11+,12+,13+,14+/m0/s1. The van der Waals surface area contributed by atoms with Crippen molar-refractivity contribution in [2.75, 3.05) is 0 Å². The topological polar surface area (TPSA) is 75.6 Å². The fraction of sp³-hybridized carbons (Fsp3) is 0.750. The molecule has 2 bridgehead atoms. The van der Waals surface area contributed by atoms with Crippen LogP contribution in [0, 0.1) is 17.8 Å². The molecule has 0 saturated carbocycles. The fourth-order valence-corrected chi connectivity index (χ4v) is 3.16. The summed E-state index contributed by atoms with van der Waals surface area (Å²) in [5.41, 5.74) is 0. The third-order valence-corrected chi connectivity index (χ3v) is 4.29. The van der Waals surface area contributed by atoms with Gasteiger partial charge in [0.05, 0.1) is 18.1 Å². The number of amides is 1. The Morgan fingerprint density at radius 2 is 1.76 bits per heavy atom. The zero-order chi connectivity index (χ0) is 15.6. The van der Waals surface area contributed by atoms with E-state index in [1.807, 2.05) is 6.92 Å². The van der Waals surface area contributed by atoms with E-state index < -0.39 is 23.9 Å². The molecule has 2 N–H and O–H groups in total. The van der Waals surface area contributed by atoms with E-state index in [4.69, 9.17) is 4.74 Å². The Morgan fingerprint density at radius 3 is 2.33 bits per heavy atom. The molecule has 0 aromatic rings. The predicted molar refractivity (Wildman–Crippen MR) is 78.7 cm³/mol. The van der Waals surface area contributed by atoms with Gasteiger partial charge in [0.25, 0.3) is 0 Å². The molecule has 5 nitrogen and oxygen atoms in total. The molecule has 0 aliphatic carbocycles. The average molecular weight is 295 g/mol. The van der Waals surface area contributed by atoms with Crippen LogP contribution in [0.25, 0.3) is 0 Å². The second-order valence-electron chi connectivity index (χ2n) is 6.57. The highest BCUT2D eigenvalue weighted by molar-refractivity contribution is 5.87. The lowest BCUT2D eigenvalue weighted by molar-refractivity contribution is -0.146. The van der Waals surface area contributed by atoms with E-state index in [0.29, 0.717) is 5.92 Å². The number of aliphatic carboxylic acids is 1. The van der Waals surface area contributed by atoms with Gasteiger partial charge in [0.15, 0.2) is 0 Å². The van der Waals surface area contributed by atoms with Crippen LogP contribution < -0.4 is 5.32 Å². The Balaban J connectivity index is 1.88. The summed E-state index contributed by atoms with van der Waals surface area (Å²) in [5, 5.41) is 12.2. The van der Waals surface area contributed by atoms with Crippen LogP contribution in [0.2, 0.25) is 0 Å². The SMILES string of the molecule is CC(C)CCC[C@H](C)NC(=O)[C@H]1[C@H](C(=O)O)[C@H]2C=C[C@H]1O2. The molecule has 0 radical (unpaired) electrons. The molecule has 1 saturated heterocycles. The van der Waals surface area contributed by atoms with Gasteiger partial charge in [0.1, 0.15) is 5.92 Å². The summed E-state index contributed by atoms with van der Waals surface area (Å²) in [6.07, 6.45) is 5.82. The number of ether oxygens (including phenoxy) is 1. The minimum Gasteiger partial charge on any atom is -0.481 e. The van der Waals surface area contributed by atoms with Crippen LogP contribution in [-0.4, -0.2) is 35.2 Å². The van der Waals surface area contributed by atoms with Crippen molar-refractivity contribution in [1.29, 1.82) is 0 Å². The molecule has 5 atom stereocenters. The molecule has 1 amide bonds. The van der Waals surface area contributed by atoms with Gasteiger partial charge in [-0.1, -0.05) is 38.8 Å². The number of hydrogen-bond donors (Lipinski definition) is 2. The van der Waals surface area contributed by atoms with Crippen LogP contribution in [0.4, 0.5) is 0 Å². The van der Waals surface area contributed by atoms with Gasteiger partial charge < -0.3 is 15.2 Å². The Kier molecular flexibility index (Phi) is 5.04. The van der Waals surface area contributed by atoms with E-state index in [0.717, 1.165) is 19.3 Å². The molecule has 0 spiro atoms. The summed E-state index contributed by atoms with van der Waals surface area (Å²) in [6, 6.07) is 0.0637. The first-order chi connectivity index (χ1) is 9.90. The summed E-state index contributed by atoms with van der Waals surface area (Å²) < 4.78 is 5.52. The smallest absolute Gasteiger partial charge is 0.310 e. The molecule has 0 aromatic carbocycles. The van der Waals surface area contributed by atoms with Crippen LogP contribution >= 0.6 is 0 Å². The number of carboxylic acid groups (broad SMARTS) is 1. The average Bonchev–Trinajstić information content (AvgIpc) is 2.97. The fourth-order valence-electron chi connectivity index (χ4n) is 3.16. The molecule has 5 heteroatoms. The van der Waals surface area contributed by atoms with Crippen molar-refractivity contribution in [1.82, 2.24) is 5.32 Å². The molecule has 2 aliphatic heterocycles. The van der Waals surface area contributed by atoms with Crippen LogP contribution in [0.1, 0.15) is 40.0 Å². The van der Waals surface area contributed by atoms with Crippen molar-refractivity contribution < 1.29 is 19.4 Å². The van der Waals surface area contributed by atoms with Gasteiger partial charge in [-0.05, 0) is 19.3 Å². The summed E-state index contributed by atoms with van der Waals surface area (Å²) in [4.78, 5) is 23.7. The van der Waals surface area contributed by atoms with Gasteiger partial charge in [-0.3, -0.25) is 9.59 Å². The number of nitrogens with one attached hydrogen (secondary N) is 1. The maximum absolute atomic E-state index is 12.4. The van der Waals surface area contributed by atoms with Crippen molar-refractivity contribution in [3.63, 3.8) is 0 Å². The molecule has 2 rings (SSSR count). The monoisotopic (exact) mass is 295 g/mol. The summed E-state index contributed by atoms with van der Waals surface area (Å²) in [7, 11) is 0. The molecule has 0 unspecified atom stereocenters. The van der Waals surface area contributed by atoms with Crippen molar-refractivity contribution in [2.24, 2.45) is 17.8 Å². The quantitative estimate of drug-likeness (QED) is 0.704. The van der Waals surface area contributed by atoms with Crippen LogP contribution in [0.15, 0.2) is 12.2 Å². The van der Waals surface area contributed by atoms with Crippen molar-refractivity contribution in [2.45, 2.75) is 58.3 Å². The molecule has 21 heavy (non-hydrogen) atoms. The maximum atomic E-state index is 12.4. The van der Waals surface area contributed by atoms with E-state index in [9.17, 15) is 14.7 Å². The zero-order valence-corrected chi connectivity index (χ0v) is 12.9.